The van der Waals surface area contributed by atoms with E-state index in [4.69, 9.17) is 25.4 Å². The molecule has 0 saturated carbocycles. The fraction of sp³-hybridized carbons (Fsp3) is 0.200. The number of carboxylic acid groups (broad SMARTS) is 1. The molecule has 37 heavy (non-hydrogen) atoms. The zero-order chi connectivity index (χ0) is 26.9. The number of halogens is 4. The van der Waals surface area contributed by atoms with Crippen molar-refractivity contribution in [3.63, 3.8) is 0 Å². The summed E-state index contributed by atoms with van der Waals surface area (Å²) >= 11 is 0. The van der Waals surface area contributed by atoms with Crippen LogP contribution < -0.4 is 10.6 Å². The van der Waals surface area contributed by atoms with E-state index in [0.717, 1.165) is 12.1 Å². The number of aliphatic carboxylic acids is 1. The number of aromatic nitrogens is 1. The van der Waals surface area contributed by atoms with Gasteiger partial charge in [0.1, 0.15) is 5.82 Å². The van der Waals surface area contributed by atoms with Gasteiger partial charge in [-0.3, -0.25) is 4.79 Å². The Bertz CT molecular complexity index is 1510. The van der Waals surface area contributed by atoms with Crippen LogP contribution in [-0.2, 0) is 33.7 Å². The number of methoxy groups -OCH3 is 1. The van der Waals surface area contributed by atoms with Gasteiger partial charge in [-0.2, -0.15) is 18.1 Å². The van der Waals surface area contributed by atoms with E-state index >= 15 is 0 Å². The third-order valence-corrected chi connectivity index (χ3v) is 5.63. The Balaban J connectivity index is 2.04. The zero-order valence-corrected chi connectivity index (χ0v) is 19.3. The van der Waals surface area contributed by atoms with Crippen molar-refractivity contribution in [2.45, 2.75) is 19.3 Å². The van der Waals surface area contributed by atoms with Crippen molar-refractivity contribution < 1.29 is 46.8 Å². The normalized spacial score (nSPS) is 11.8. The fourth-order valence-electron chi connectivity index (χ4n) is 4.23. The molecule has 0 aliphatic rings. The van der Waals surface area contributed by atoms with Gasteiger partial charge in [0.05, 0.1) is 28.6 Å². The lowest BCUT2D eigenvalue weighted by Gasteiger charge is -2.15. The Morgan fingerprint density at radius 1 is 1.05 bits per heavy atom. The Labute approximate surface area is 206 Å². The van der Waals surface area contributed by atoms with Gasteiger partial charge in [-0.25, -0.2) is 9.18 Å². The molecule has 1 amide bonds. The highest BCUT2D eigenvalue weighted by Crippen LogP contribution is 2.40. The van der Waals surface area contributed by atoms with Crippen molar-refractivity contribution in [1.29, 1.82) is 0 Å². The summed E-state index contributed by atoms with van der Waals surface area (Å²) in [4.78, 5) is 33.3. The summed E-state index contributed by atoms with van der Waals surface area (Å²) in [5.41, 5.74) is 5.45. The number of carbonyl (C=O) groups excluding carboxylic acids is 1. The first-order chi connectivity index (χ1) is 17.5. The number of ether oxygens (including phenoxy) is 1. The van der Waals surface area contributed by atoms with Crippen LogP contribution in [0.25, 0.3) is 21.8 Å². The molecule has 0 atom stereocenters. The highest BCUT2D eigenvalue weighted by atomic mass is 19.4. The predicted molar refractivity (Wildman–Crippen MR) is 123 cm³/mol. The molecule has 4 rings (SSSR count). The number of fused-ring (bicyclic) bond motifs is 3. The molecule has 12 heteroatoms. The first kappa shape index (κ1) is 25.9. The average molecular weight is 520 g/mol. The zero-order valence-electron chi connectivity index (χ0n) is 19.3. The van der Waals surface area contributed by atoms with Gasteiger partial charge < -0.3 is 25.0 Å². The molecule has 0 aliphatic carbocycles. The van der Waals surface area contributed by atoms with E-state index in [0.29, 0.717) is 22.7 Å². The highest BCUT2D eigenvalue weighted by molar-refractivity contribution is 6.19. The number of carboxylic acids is 1. The van der Waals surface area contributed by atoms with E-state index in [1.165, 1.54) is 29.9 Å². The number of primary amides is 1. The fourth-order valence-corrected chi connectivity index (χ4v) is 4.23. The first-order valence-corrected chi connectivity index (χ1v) is 10.7. The number of alkyl halides is 3. The molecular formula is C25H20F4N2O6. The number of nitrogens with two attached hydrogens (primary N) is 1. The number of nitrogens with zero attached hydrogens (tertiary/aromatic N) is 1. The minimum atomic E-state index is -4.82. The molecule has 3 aromatic carbocycles. The summed E-state index contributed by atoms with van der Waals surface area (Å²) in [7, 11) is 1.43. The van der Waals surface area contributed by atoms with Crippen molar-refractivity contribution in [3.05, 3.63) is 76.6 Å². The van der Waals surface area contributed by atoms with E-state index in [-0.39, 0.29) is 40.8 Å². The molecular weight excluding hydrogens is 500 g/mol. The van der Waals surface area contributed by atoms with Crippen molar-refractivity contribution in [1.82, 2.24) is 4.57 Å². The lowest BCUT2D eigenvalue weighted by atomic mass is 10.0. The summed E-state index contributed by atoms with van der Waals surface area (Å²) in [5, 5.41) is 9.42. The molecule has 0 saturated heterocycles. The van der Waals surface area contributed by atoms with E-state index in [9.17, 15) is 27.2 Å². The molecule has 1 aromatic heterocycles. The smallest absolute Gasteiger partial charge is 0.416 e. The number of carbonyl (C=O) groups is 2. The maximum atomic E-state index is 13.7. The second kappa shape index (κ2) is 10.1. The first-order valence-electron chi connectivity index (χ1n) is 10.7. The van der Waals surface area contributed by atoms with E-state index in [2.05, 4.69) is 0 Å². The van der Waals surface area contributed by atoms with Gasteiger partial charge in [-0.1, -0.05) is 12.1 Å². The van der Waals surface area contributed by atoms with Gasteiger partial charge >= 0.3 is 12.1 Å². The molecule has 4 aromatic rings. The standard InChI is InChI=1S/C25H20F4N2O6/c1-35-11-13-7-19-23(20(8-13)37-36-12-21(32)33)22-16(24(30)34)3-2-4-18(22)31(19)10-14-5-6-15(26)9-17(14)25(27,28)29/h2-9H,10-12H2,1H3,(H2,30,34)(H,32,33). The van der Waals surface area contributed by atoms with Gasteiger partial charge in [0, 0.05) is 24.6 Å². The molecule has 0 radical (unpaired) electrons. The summed E-state index contributed by atoms with van der Waals surface area (Å²) in [6.07, 6.45) is -4.82. The summed E-state index contributed by atoms with van der Waals surface area (Å²) < 4.78 is 61.7. The van der Waals surface area contributed by atoms with Crippen LogP contribution in [0, 0.1) is 5.82 Å². The topological polar surface area (TPSA) is 113 Å². The van der Waals surface area contributed by atoms with Crippen LogP contribution in [-0.4, -0.2) is 35.3 Å². The van der Waals surface area contributed by atoms with Crippen LogP contribution in [0.5, 0.6) is 5.75 Å². The predicted octanol–water partition coefficient (Wildman–Crippen LogP) is 4.64. The van der Waals surface area contributed by atoms with Crippen molar-refractivity contribution in [2.75, 3.05) is 13.7 Å². The maximum absolute atomic E-state index is 13.7. The maximum Gasteiger partial charge on any atom is 0.416 e. The quantitative estimate of drug-likeness (QED) is 0.189. The Morgan fingerprint density at radius 3 is 2.46 bits per heavy atom. The van der Waals surface area contributed by atoms with Crippen molar-refractivity contribution in [2.24, 2.45) is 5.73 Å². The molecule has 0 fully saturated rings. The van der Waals surface area contributed by atoms with Crippen LogP contribution >= 0.6 is 0 Å². The molecule has 8 nitrogen and oxygen atoms in total. The molecule has 0 bridgehead atoms. The molecule has 0 aliphatic heterocycles. The van der Waals surface area contributed by atoms with Gasteiger partial charge in [-0.05, 0) is 47.5 Å². The number of benzene rings is 3. The monoisotopic (exact) mass is 520 g/mol. The van der Waals surface area contributed by atoms with Gasteiger partial charge in [0.15, 0.2) is 12.4 Å². The van der Waals surface area contributed by atoms with E-state index in [1.54, 1.807) is 12.1 Å². The van der Waals surface area contributed by atoms with E-state index in [1.807, 2.05) is 0 Å². The second-order valence-corrected chi connectivity index (χ2v) is 8.11. The average Bonchev–Trinajstić information content (AvgIpc) is 3.13. The van der Waals surface area contributed by atoms with Crippen molar-refractivity contribution >= 4 is 33.7 Å². The molecule has 0 unspecified atom stereocenters. The van der Waals surface area contributed by atoms with Crippen LogP contribution in [0.3, 0.4) is 0 Å². The second-order valence-electron chi connectivity index (χ2n) is 8.11. The van der Waals surface area contributed by atoms with Crippen LogP contribution in [0.4, 0.5) is 17.6 Å². The summed E-state index contributed by atoms with van der Waals surface area (Å²) in [6.45, 7) is -1.09. The Morgan fingerprint density at radius 2 is 1.81 bits per heavy atom. The number of hydrogen-bond donors (Lipinski definition) is 2. The van der Waals surface area contributed by atoms with Gasteiger partial charge in [-0.15, -0.1) is 0 Å². The Kier molecular flexibility index (Phi) is 7.05. The third kappa shape index (κ3) is 5.20. The largest absolute Gasteiger partial charge is 0.479 e. The Hall–Kier alpha value is -4.16. The van der Waals surface area contributed by atoms with E-state index < -0.39 is 36.0 Å². The third-order valence-electron chi connectivity index (χ3n) is 5.63. The van der Waals surface area contributed by atoms with Gasteiger partial charge in [0.2, 0.25) is 5.91 Å². The lowest BCUT2D eigenvalue weighted by molar-refractivity contribution is -0.212. The lowest BCUT2D eigenvalue weighted by Crippen LogP contribution is -2.13. The highest BCUT2D eigenvalue weighted by Gasteiger charge is 2.34. The SMILES string of the molecule is COCc1cc(OOCC(=O)O)c2c3c(C(N)=O)cccc3n(Cc3ccc(F)cc3C(F)(F)F)c2c1. The summed E-state index contributed by atoms with van der Waals surface area (Å²) in [5.74, 6) is -3.15. The molecule has 3 N–H and O–H groups in total. The number of amides is 1. The van der Waals surface area contributed by atoms with Crippen molar-refractivity contribution in [3.8, 4) is 5.75 Å². The van der Waals surface area contributed by atoms with Crippen LogP contribution in [0.1, 0.15) is 27.0 Å². The van der Waals surface area contributed by atoms with Crippen LogP contribution in [0.15, 0.2) is 48.5 Å². The minimum absolute atomic E-state index is 0.00148. The number of hydrogen-bond acceptors (Lipinski definition) is 5. The van der Waals surface area contributed by atoms with Gasteiger partial charge in [0.25, 0.3) is 0 Å². The summed E-state index contributed by atoms with van der Waals surface area (Å²) in [6, 6.07) is 10.1. The molecule has 194 valence electrons. The molecule has 0 spiro atoms. The number of rotatable bonds is 9. The van der Waals surface area contributed by atoms with Crippen LogP contribution in [0.2, 0.25) is 0 Å². The minimum Gasteiger partial charge on any atom is -0.479 e. The molecule has 1 heterocycles.